The zero-order chi connectivity index (χ0) is 19.6. The molecule has 2 aliphatic rings. The molecule has 0 spiro atoms. The summed E-state index contributed by atoms with van der Waals surface area (Å²) < 4.78 is 5.41. The number of aliphatic imine (C=N–C) groups is 1. The van der Waals surface area contributed by atoms with Gasteiger partial charge in [0.2, 0.25) is 0 Å². The van der Waals surface area contributed by atoms with Crippen LogP contribution in [0.15, 0.2) is 29.3 Å². The SMILES string of the molecule is CN=C(NCCN1CCOCC1)NCc1ccccc1CN1CCCCC1C.I. The molecule has 0 bridgehead atoms. The van der Waals surface area contributed by atoms with Gasteiger partial charge in [-0.1, -0.05) is 30.7 Å². The smallest absolute Gasteiger partial charge is 0.191 e. The molecular formula is C22H38IN5O. The van der Waals surface area contributed by atoms with Gasteiger partial charge < -0.3 is 15.4 Å². The maximum Gasteiger partial charge on any atom is 0.191 e. The number of nitrogens with zero attached hydrogens (tertiary/aromatic N) is 3. The normalized spacial score (nSPS) is 21.4. The predicted octanol–water partition coefficient (Wildman–Crippen LogP) is 2.68. The molecule has 29 heavy (non-hydrogen) atoms. The Bertz CT molecular complexity index is 621. The zero-order valence-corrected chi connectivity index (χ0v) is 20.4. The minimum Gasteiger partial charge on any atom is -0.379 e. The van der Waals surface area contributed by atoms with E-state index >= 15 is 0 Å². The summed E-state index contributed by atoms with van der Waals surface area (Å²) in [5.74, 6) is 0.870. The number of nitrogens with one attached hydrogen (secondary N) is 2. The highest BCUT2D eigenvalue weighted by atomic mass is 127. The average Bonchev–Trinajstić information content (AvgIpc) is 2.74. The van der Waals surface area contributed by atoms with Crippen molar-refractivity contribution in [3.63, 3.8) is 0 Å². The third-order valence-electron chi connectivity index (χ3n) is 5.93. The van der Waals surface area contributed by atoms with Crippen LogP contribution < -0.4 is 10.6 Å². The van der Waals surface area contributed by atoms with Crippen LogP contribution in [0.4, 0.5) is 0 Å². The number of ether oxygens (including phenoxy) is 1. The number of benzene rings is 1. The van der Waals surface area contributed by atoms with Crippen LogP contribution in [0, 0.1) is 0 Å². The summed E-state index contributed by atoms with van der Waals surface area (Å²) in [7, 11) is 1.84. The largest absolute Gasteiger partial charge is 0.379 e. The van der Waals surface area contributed by atoms with Crippen molar-refractivity contribution in [1.29, 1.82) is 0 Å². The molecular weight excluding hydrogens is 477 g/mol. The van der Waals surface area contributed by atoms with Gasteiger partial charge in [-0.2, -0.15) is 0 Å². The lowest BCUT2D eigenvalue weighted by Crippen LogP contribution is -2.44. The summed E-state index contributed by atoms with van der Waals surface area (Å²) in [4.78, 5) is 9.44. The topological polar surface area (TPSA) is 52.1 Å². The van der Waals surface area contributed by atoms with E-state index in [0.29, 0.717) is 6.04 Å². The van der Waals surface area contributed by atoms with Gasteiger partial charge in [-0.3, -0.25) is 14.8 Å². The van der Waals surface area contributed by atoms with Crippen LogP contribution >= 0.6 is 24.0 Å². The van der Waals surface area contributed by atoms with Crippen molar-refractivity contribution in [2.75, 3.05) is 53.0 Å². The van der Waals surface area contributed by atoms with E-state index < -0.39 is 0 Å². The Morgan fingerprint density at radius 2 is 1.86 bits per heavy atom. The number of likely N-dealkylation sites (tertiary alicyclic amines) is 1. The van der Waals surface area contributed by atoms with Crippen LogP contribution in [0.2, 0.25) is 0 Å². The first-order valence-corrected chi connectivity index (χ1v) is 10.8. The zero-order valence-electron chi connectivity index (χ0n) is 18.0. The van der Waals surface area contributed by atoms with Crippen molar-refractivity contribution in [3.8, 4) is 0 Å². The van der Waals surface area contributed by atoms with Gasteiger partial charge in [-0.15, -0.1) is 24.0 Å². The molecule has 0 radical (unpaired) electrons. The van der Waals surface area contributed by atoms with Crippen LogP contribution in [0.25, 0.3) is 0 Å². The monoisotopic (exact) mass is 515 g/mol. The van der Waals surface area contributed by atoms with Gasteiger partial charge >= 0.3 is 0 Å². The minimum atomic E-state index is 0. The summed E-state index contributed by atoms with van der Waals surface area (Å²) in [6.45, 7) is 11.1. The van der Waals surface area contributed by atoms with Crippen molar-refractivity contribution in [3.05, 3.63) is 35.4 Å². The molecule has 2 N–H and O–H groups in total. The lowest BCUT2D eigenvalue weighted by molar-refractivity contribution is 0.0389. The quantitative estimate of drug-likeness (QED) is 0.333. The fourth-order valence-corrected chi connectivity index (χ4v) is 4.05. The second-order valence-electron chi connectivity index (χ2n) is 7.89. The summed E-state index contributed by atoms with van der Waals surface area (Å²) in [5, 5.41) is 6.93. The molecule has 2 heterocycles. The number of hydrogen-bond donors (Lipinski definition) is 2. The summed E-state index contributed by atoms with van der Waals surface area (Å²) in [6.07, 6.45) is 4.01. The highest BCUT2D eigenvalue weighted by Gasteiger charge is 2.19. The van der Waals surface area contributed by atoms with Crippen molar-refractivity contribution < 1.29 is 4.74 Å². The van der Waals surface area contributed by atoms with E-state index in [0.717, 1.165) is 58.4 Å². The maximum absolute atomic E-state index is 5.41. The summed E-state index contributed by atoms with van der Waals surface area (Å²) >= 11 is 0. The Hall–Kier alpha value is -0.900. The number of halogens is 1. The molecule has 0 amide bonds. The highest BCUT2D eigenvalue weighted by Crippen LogP contribution is 2.20. The summed E-state index contributed by atoms with van der Waals surface area (Å²) in [5.41, 5.74) is 2.78. The number of piperidine rings is 1. The van der Waals surface area contributed by atoms with Crippen molar-refractivity contribution >= 4 is 29.9 Å². The average molecular weight is 515 g/mol. The van der Waals surface area contributed by atoms with Crippen molar-refractivity contribution in [2.45, 2.75) is 45.3 Å². The van der Waals surface area contributed by atoms with Crippen LogP contribution in [0.3, 0.4) is 0 Å². The highest BCUT2D eigenvalue weighted by molar-refractivity contribution is 14.0. The molecule has 1 aromatic carbocycles. The third-order valence-corrected chi connectivity index (χ3v) is 5.93. The molecule has 1 aromatic rings. The van der Waals surface area contributed by atoms with E-state index in [2.05, 4.69) is 56.6 Å². The first-order valence-electron chi connectivity index (χ1n) is 10.8. The minimum absolute atomic E-state index is 0. The summed E-state index contributed by atoms with van der Waals surface area (Å²) in [6, 6.07) is 9.48. The Morgan fingerprint density at radius 1 is 1.10 bits per heavy atom. The number of rotatable bonds is 7. The van der Waals surface area contributed by atoms with E-state index in [-0.39, 0.29) is 24.0 Å². The first kappa shape index (κ1) is 24.4. The van der Waals surface area contributed by atoms with Crippen molar-refractivity contribution in [1.82, 2.24) is 20.4 Å². The lowest BCUT2D eigenvalue weighted by Gasteiger charge is -2.33. The molecule has 3 rings (SSSR count). The van der Waals surface area contributed by atoms with E-state index in [1.165, 1.54) is 36.9 Å². The maximum atomic E-state index is 5.41. The molecule has 1 atom stereocenters. The van der Waals surface area contributed by atoms with Gasteiger partial charge in [-0.05, 0) is 37.4 Å². The Labute approximate surface area is 193 Å². The third kappa shape index (κ3) is 8.03. The standard InChI is InChI=1S/C22H37N5O.HI/c1-19-7-5-6-11-27(19)18-21-9-4-3-8-20(21)17-25-22(23-2)24-10-12-26-13-15-28-16-14-26;/h3-4,8-9,19H,5-7,10-18H2,1-2H3,(H2,23,24,25);1H. The van der Waals surface area contributed by atoms with Gasteiger partial charge in [0.25, 0.3) is 0 Å². The van der Waals surface area contributed by atoms with Gasteiger partial charge in [0.05, 0.1) is 13.2 Å². The van der Waals surface area contributed by atoms with Gasteiger partial charge in [0.1, 0.15) is 0 Å². The van der Waals surface area contributed by atoms with Gasteiger partial charge in [0.15, 0.2) is 5.96 Å². The Balaban J connectivity index is 0.00000300. The van der Waals surface area contributed by atoms with Crippen LogP contribution in [-0.2, 0) is 17.8 Å². The van der Waals surface area contributed by atoms with Crippen LogP contribution in [-0.4, -0.2) is 74.8 Å². The molecule has 1 unspecified atom stereocenters. The number of morpholine rings is 1. The number of guanidine groups is 1. The van der Waals surface area contributed by atoms with Gasteiger partial charge in [-0.25, -0.2) is 0 Å². The van der Waals surface area contributed by atoms with Crippen LogP contribution in [0.1, 0.15) is 37.3 Å². The van der Waals surface area contributed by atoms with Gasteiger partial charge in [0, 0.05) is 52.4 Å². The molecule has 6 nitrogen and oxygen atoms in total. The lowest BCUT2D eigenvalue weighted by atomic mass is 10.0. The first-order chi connectivity index (χ1) is 13.8. The fourth-order valence-electron chi connectivity index (χ4n) is 4.05. The molecule has 2 saturated heterocycles. The molecule has 164 valence electrons. The van der Waals surface area contributed by atoms with E-state index in [1.807, 2.05) is 7.05 Å². The molecule has 2 fully saturated rings. The van der Waals surface area contributed by atoms with E-state index in [4.69, 9.17) is 4.74 Å². The van der Waals surface area contributed by atoms with E-state index in [9.17, 15) is 0 Å². The Morgan fingerprint density at radius 3 is 2.59 bits per heavy atom. The second-order valence-corrected chi connectivity index (χ2v) is 7.89. The second kappa shape index (κ2) is 13.4. The van der Waals surface area contributed by atoms with E-state index in [1.54, 1.807) is 0 Å². The fraction of sp³-hybridized carbons (Fsp3) is 0.682. The van der Waals surface area contributed by atoms with Crippen LogP contribution in [0.5, 0.6) is 0 Å². The molecule has 0 aliphatic carbocycles. The Kier molecular flexibility index (Phi) is 11.3. The number of hydrogen-bond acceptors (Lipinski definition) is 4. The molecule has 0 aromatic heterocycles. The van der Waals surface area contributed by atoms with Crippen molar-refractivity contribution in [2.24, 2.45) is 4.99 Å². The molecule has 2 aliphatic heterocycles. The molecule has 7 heteroatoms. The predicted molar refractivity (Wildman–Crippen MR) is 131 cm³/mol. The molecule has 0 saturated carbocycles.